The van der Waals surface area contributed by atoms with Crippen LogP contribution >= 0.6 is 0 Å². The van der Waals surface area contributed by atoms with Gasteiger partial charge < -0.3 is 0 Å². The van der Waals surface area contributed by atoms with E-state index in [4.69, 9.17) is 0 Å². The molecule has 0 saturated carbocycles. The van der Waals surface area contributed by atoms with Crippen LogP contribution in [0.15, 0.2) is 42.6 Å². The number of benzene rings is 1. The highest BCUT2D eigenvalue weighted by Gasteiger charge is 2.44. The van der Waals surface area contributed by atoms with Gasteiger partial charge in [0.15, 0.2) is 5.78 Å². The summed E-state index contributed by atoms with van der Waals surface area (Å²) in [5.74, 6) is -0.0923. The van der Waals surface area contributed by atoms with E-state index < -0.39 is 17.2 Å². The van der Waals surface area contributed by atoms with Crippen molar-refractivity contribution >= 4 is 5.78 Å². The fraction of sp³-hybridized carbons (Fsp3) is 0.250. The number of hydrogen-bond acceptors (Lipinski definition) is 2. The largest absolute Gasteiger partial charge is 0.417 e. The molecule has 0 fully saturated rings. The van der Waals surface area contributed by atoms with E-state index in [1.807, 2.05) is 12.1 Å². The lowest BCUT2D eigenvalue weighted by Gasteiger charge is -2.21. The second kappa shape index (κ2) is 4.41. The lowest BCUT2D eigenvalue weighted by molar-refractivity contribution is -0.137. The van der Waals surface area contributed by atoms with Crippen molar-refractivity contribution in [3.8, 4) is 0 Å². The average Bonchev–Trinajstić information content (AvgIpc) is 2.72. The Morgan fingerprint density at radius 3 is 2.43 bits per heavy atom. The van der Waals surface area contributed by atoms with Crippen LogP contribution in [-0.4, -0.2) is 10.8 Å². The van der Waals surface area contributed by atoms with E-state index in [0.29, 0.717) is 17.7 Å². The van der Waals surface area contributed by atoms with Crippen molar-refractivity contribution in [1.82, 2.24) is 4.98 Å². The van der Waals surface area contributed by atoms with E-state index >= 15 is 0 Å². The topological polar surface area (TPSA) is 30.0 Å². The van der Waals surface area contributed by atoms with Crippen molar-refractivity contribution in [3.63, 3.8) is 0 Å². The molecule has 3 rings (SSSR count). The molecule has 1 aromatic heterocycles. The van der Waals surface area contributed by atoms with E-state index in [1.165, 1.54) is 6.07 Å². The first-order valence-corrected chi connectivity index (χ1v) is 6.49. The third kappa shape index (κ3) is 2.13. The van der Waals surface area contributed by atoms with Gasteiger partial charge in [0.2, 0.25) is 0 Å². The molecule has 108 valence electrons. The van der Waals surface area contributed by atoms with Gasteiger partial charge in [-0.2, -0.15) is 13.2 Å². The van der Waals surface area contributed by atoms with Crippen molar-refractivity contribution in [2.45, 2.75) is 24.9 Å². The van der Waals surface area contributed by atoms with Gasteiger partial charge in [0.1, 0.15) is 0 Å². The van der Waals surface area contributed by atoms with E-state index in [0.717, 1.165) is 17.8 Å². The minimum absolute atomic E-state index is 0.0923. The second-order valence-corrected chi connectivity index (χ2v) is 5.43. The molecule has 1 atom stereocenters. The number of ketones is 1. The molecule has 2 nitrogen and oxygen atoms in total. The Morgan fingerprint density at radius 2 is 1.86 bits per heavy atom. The Morgan fingerprint density at radius 1 is 1.14 bits per heavy atom. The summed E-state index contributed by atoms with van der Waals surface area (Å²) < 4.78 is 37.7. The molecule has 0 N–H and O–H groups in total. The van der Waals surface area contributed by atoms with Crippen LogP contribution in [0.4, 0.5) is 13.2 Å². The van der Waals surface area contributed by atoms with Crippen LogP contribution in [0.5, 0.6) is 0 Å². The molecule has 5 heteroatoms. The Bertz CT molecular complexity index is 706. The van der Waals surface area contributed by atoms with Crippen molar-refractivity contribution in [3.05, 3.63) is 65.0 Å². The third-order valence-corrected chi connectivity index (χ3v) is 3.96. The predicted molar refractivity (Wildman–Crippen MR) is 71.1 cm³/mol. The number of rotatable bonds is 1. The van der Waals surface area contributed by atoms with Crippen LogP contribution < -0.4 is 0 Å². The monoisotopic (exact) mass is 291 g/mol. The highest BCUT2D eigenvalue weighted by Crippen LogP contribution is 2.39. The van der Waals surface area contributed by atoms with Crippen LogP contribution in [0.3, 0.4) is 0 Å². The minimum atomic E-state index is -4.42. The molecule has 0 bridgehead atoms. The number of fused-ring (bicyclic) bond motifs is 1. The fourth-order valence-electron chi connectivity index (χ4n) is 2.75. The van der Waals surface area contributed by atoms with Crippen molar-refractivity contribution in [2.75, 3.05) is 0 Å². The van der Waals surface area contributed by atoms with E-state index in [2.05, 4.69) is 4.98 Å². The molecular formula is C16H12F3NO. The predicted octanol–water partition coefficient (Wildman–Crippen LogP) is 3.80. The van der Waals surface area contributed by atoms with Crippen molar-refractivity contribution in [1.29, 1.82) is 0 Å². The number of hydrogen-bond donors (Lipinski definition) is 0. The zero-order valence-electron chi connectivity index (χ0n) is 11.2. The lowest BCUT2D eigenvalue weighted by atomic mass is 9.82. The summed E-state index contributed by atoms with van der Waals surface area (Å²) >= 11 is 0. The first-order valence-electron chi connectivity index (χ1n) is 6.49. The number of halogens is 3. The van der Waals surface area contributed by atoms with E-state index in [9.17, 15) is 18.0 Å². The van der Waals surface area contributed by atoms with Crippen LogP contribution in [-0.2, 0) is 18.0 Å². The fourth-order valence-corrected chi connectivity index (χ4v) is 2.75. The van der Waals surface area contributed by atoms with Gasteiger partial charge in [0.05, 0.1) is 16.7 Å². The molecule has 1 aromatic carbocycles. The first kappa shape index (κ1) is 13.8. The van der Waals surface area contributed by atoms with Crippen LogP contribution in [0, 0.1) is 0 Å². The molecule has 21 heavy (non-hydrogen) atoms. The number of Topliss-reactive ketones (excluding diaryl/α,β-unsaturated/α-hetero) is 1. The Labute approximate surface area is 119 Å². The van der Waals surface area contributed by atoms with Gasteiger partial charge in [-0.3, -0.25) is 9.78 Å². The van der Waals surface area contributed by atoms with Gasteiger partial charge in [-0.1, -0.05) is 24.3 Å². The number of carbonyl (C=O) groups is 1. The lowest BCUT2D eigenvalue weighted by Crippen LogP contribution is -2.30. The maximum Gasteiger partial charge on any atom is 0.417 e. The molecule has 0 spiro atoms. The smallest absolute Gasteiger partial charge is 0.293 e. The summed E-state index contributed by atoms with van der Waals surface area (Å²) in [6, 6.07) is 9.51. The maximum absolute atomic E-state index is 12.6. The molecule has 0 radical (unpaired) electrons. The number of nitrogens with zero attached hydrogens (tertiary/aromatic N) is 1. The average molecular weight is 291 g/mol. The zero-order chi connectivity index (χ0) is 15.3. The number of carbonyl (C=O) groups excluding carboxylic acids is 1. The van der Waals surface area contributed by atoms with Gasteiger partial charge in [0, 0.05) is 11.8 Å². The summed E-state index contributed by atoms with van der Waals surface area (Å²) in [5, 5.41) is 0. The normalized spacial score (nSPS) is 21.4. The van der Waals surface area contributed by atoms with E-state index in [1.54, 1.807) is 19.1 Å². The highest BCUT2D eigenvalue weighted by atomic mass is 19.4. The summed E-state index contributed by atoms with van der Waals surface area (Å²) in [7, 11) is 0. The summed E-state index contributed by atoms with van der Waals surface area (Å²) in [6.07, 6.45) is -3.17. The Kier molecular flexibility index (Phi) is 2.90. The molecule has 1 unspecified atom stereocenters. The summed E-state index contributed by atoms with van der Waals surface area (Å²) in [6.45, 7) is 1.73. The van der Waals surface area contributed by atoms with Crippen LogP contribution in [0.1, 0.15) is 34.1 Å². The highest BCUT2D eigenvalue weighted by molar-refractivity contribution is 6.07. The zero-order valence-corrected chi connectivity index (χ0v) is 11.2. The third-order valence-electron chi connectivity index (χ3n) is 3.96. The van der Waals surface area contributed by atoms with E-state index in [-0.39, 0.29) is 5.78 Å². The number of pyridine rings is 1. The quantitative estimate of drug-likeness (QED) is 0.800. The van der Waals surface area contributed by atoms with Gasteiger partial charge in [-0.25, -0.2) is 0 Å². The SMILES string of the molecule is CC1(c2ccc(C(F)(F)F)cn2)Cc2ccccc2C1=O. The molecule has 1 aliphatic rings. The van der Waals surface area contributed by atoms with Gasteiger partial charge in [-0.15, -0.1) is 0 Å². The van der Waals surface area contributed by atoms with Gasteiger partial charge in [0.25, 0.3) is 0 Å². The standard InChI is InChI=1S/C16H12F3NO/c1-15(8-10-4-2-3-5-12(10)14(15)21)13-7-6-11(9-20-13)16(17,18)19/h2-7,9H,8H2,1H3. The van der Waals surface area contributed by atoms with Crippen LogP contribution in [0.2, 0.25) is 0 Å². The molecule has 1 aliphatic carbocycles. The van der Waals surface area contributed by atoms with Crippen molar-refractivity contribution in [2.24, 2.45) is 0 Å². The maximum atomic E-state index is 12.6. The van der Waals surface area contributed by atoms with Crippen LogP contribution in [0.25, 0.3) is 0 Å². The summed E-state index contributed by atoms with van der Waals surface area (Å²) in [5.41, 5.74) is 0.205. The van der Waals surface area contributed by atoms with Gasteiger partial charge in [-0.05, 0) is 31.0 Å². The second-order valence-electron chi connectivity index (χ2n) is 5.43. The first-order chi connectivity index (χ1) is 9.82. The molecular weight excluding hydrogens is 279 g/mol. The summed E-state index contributed by atoms with van der Waals surface area (Å²) in [4.78, 5) is 16.4. The number of aromatic nitrogens is 1. The number of alkyl halides is 3. The molecule has 0 aliphatic heterocycles. The Hall–Kier alpha value is -2.17. The van der Waals surface area contributed by atoms with Crippen molar-refractivity contribution < 1.29 is 18.0 Å². The molecule has 0 saturated heterocycles. The minimum Gasteiger partial charge on any atom is -0.293 e. The molecule has 0 amide bonds. The van der Waals surface area contributed by atoms with Gasteiger partial charge >= 0.3 is 6.18 Å². The molecule has 2 aromatic rings. The molecule has 1 heterocycles. The Balaban J connectivity index is 2.00.